The fraction of sp³-hybridized carbons (Fsp3) is 0.516. The van der Waals surface area contributed by atoms with Gasteiger partial charge in [0, 0.05) is 43.9 Å². The van der Waals surface area contributed by atoms with Gasteiger partial charge in [-0.1, -0.05) is 25.1 Å². The van der Waals surface area contributed by atoms with Crippen LogP contribution < -0.4 is 16.4 Å². The first-order valence-electron chi connectivity index (χ1n) is 15.0. The molecule has 0 saturated heterocycles. The van der Waals surface area contributed by atoms with Crippen LogP contribution in [0, 0.1) is 0 Å². The van der Waals surface area contributed by atoms with Gasteiger partial charge >= 0.3 is 6.09 Å². The zero-order valence-electron chi connectivity index (χ0n) is 25.5. The summed E-state index contributed by atoms with van der Waals surface area (Å²) in [5.41, 5.74) is 9.24. The summed E-state index contributed by atoms with van der Waals surface area (Å²) >= 11 is 0. The van der Waals surface area contributed by atoms with E-state index in [1.807, 2.05) is 35.9 Å². The summed E-state index contributed by atoms with van der Waals surface area (Å²) in [4.78, 5) is 28.4. The van der Waals surface area contributed by atoms with Gasteiger partial charge in [0.1, 0.15) is 24.5 Å². The molecule has 1 fully saturated rings. The van der Waals surface area contributed by atoms with Crippen molar-refractivity contribution in [3.8, 4) is 0 Å². The van der Waals surface area contributed by atoms with E-state index in [1.165, 1.54) is 0 Å². The van der Waals surface area contributed by atoms with Crippen LogP contribution in [0.5, 0.6) is 0 Å². The summed E-state index contributed by atoms with van der Waals surface area (Å²) in [7, 11) is 1.94. The normalized spacial score (nSPS) is 13.5. The lowest BCUT2D eigenvalue weighted by Crippen LogP contribution is -2.22. The maximum Gasteiger partial charge on any atom is 0.404 e. The Morgan fingerprint density at radius 3 is 2.43 bits per heavy atom. The molecule has 0 radical (unpaired) electrons. The number of aromatic nitrogens is 4. The van der Waals surface area contributed by atoms with Crippen LogP contribution in [0.15, 0.2) is 42.7 Å². The average molecular weight is 610 g/mol. The van der Waals surface area contributed by atoms with Crippen molar-refractivity contribution in [3.05, 3.63) is 71.1 Å². The van der Waals surface area contributed by atoms with Gasteiger partial charge in [0.2, 0.25) is 0 Å². The number of rotatable bonds is 20. The van der Waals surface area contributed by atoms with Crippen molar-refractivity contribution in [2.24, 2.45) is 12.8 Å². The SMILES string of the molecule is C[C@H](Cc1nncn1C)c1cccc(NC(=O)c2ccc(CNCCOCCOCCOCCOC(N)=O)c(C3CC3)n2)c1. The highest BCUT2D eigenvalue weighted by Crippen LogP contribution is 2.40. The first-order chi connectivity index (χ1) is 21.4. The molecule has 4 rings (SSSR count). The summed E-state index contributed by atoms with van der Waals surface area (Å²) in [6.45, 7) is 6.21. The summed E-state index contributed by atoms with van der Waals surface area (Å²) in [5, 5.41) is 14.6. The molecule has 44 heavy (non-hydrogen) atoms. The van der Waals surface area contributed by atoms with E-state index in [1.54, 1.807) is 12.4 Å². The van der Waals surface area contributed by atoms with Crippen LogP contribution >= 0.6 is 0 Å². The lowest BCUT2D eigenvalue weighted by atomic mass is 9.97. The number of ether oxygens (including phenoxy) is 4. The monoisotopic (exact) mass is 609 g/mol. The van der Waals surface area contributed by atoms with Crippen LogP contribution in [-0.4, -0.2) is 84.5 Å². The van der Waals surface area contributed by atoms with E-state index in [0.717, 1.165) is 47.6 Å². The molecule has 13 nitrogen and oxygen atoms in total. The molecule has 0 aliphatic heterocycles. The molecule has 1 aliphatic rings. The van der Waals surface area contributed by atoms with Crippen molar-refractivity contribution in [1.82, 2.24) is 25.1 Å². The summed E-state index contributed by atoms with van der Waals surface area (Å²) in [6, 6.07) is 11.7. The minimum Gasteiger partial charge on any atom is -0.447 e. The fourth-order valence-corrected chi connectivity index (χ4v) is 4.60. The molecule has 2 heterocycles. The number of carbonyl (C=O) groups excluding carboxylic acids is 2. The molecule has 0 bridgehead atoms. The Labute approximate surface area is 257 Å². The van der Waals surface area contributed by atoms with Gasteiger partial charge in [-0.2, -0.15) is 0 Å². The molecule has 0 spiro atoms. The van der Waals surface area contributed by atoms with Crippen LogP contribution in [0.4, 0.5) is 10.5 Å². The molecular formula is C31H43N7O6. The Kier molecular flexibility index (Phi) is 13.0. The van der Waals surface area contributed by atoms with Crippen LogP contribution in [0.2, 0.25) is 0 Å². The number of primary amides is 1. The third-order valence-corrected chi connectivity index (χ3v) is 7.17. The quantitative estimate of drug-likeness (QED) is 0.162. The second-order valence-electron chi connectivity index (χ2n) is 10.7. The number of benzene rings is 1. The van der Waals surface area contributed by atoms with E-state index in [0.29, 0.717) is 57.7 Å². The Balaban J connectivity index is 1.16. The van der Waals surface area contributed by atoms with E-state index >= 15 is 0 Å². The largest absolute Gasteiger partial charge is 0.447 e. The number of nitrogens with one attached hydrogen (secondary N) is 2. The molecule has 2 aromatic heterocycles. The summed E-state index contributed by atoms with van der Waals surface area (Å²) in [6.07, 6.45) is 3.82. The minimum atomic E-state index is -0.811. The van der Waals surface area contributed by atoms with Crippen molar-refractivity contribution < 1.29 is 28.5 Å². The molecule has 0 unspecified atom stereocenters. The molecule has 4 N–H and O–H groups in total. The second kappa shape index (κ2) is 17.4. The molecule has 1 atom stereocenters. The van der Waals surface area contributed by atoms with Gasteiger partial charge in [-0.25, -0.2) is 9.78 Å². The topological polar surface area (TPSA) is 165 Å². The van der Waals surface area contributed by atoms with Crippen molar-refractivity contribution in [2.75, 3.05) is 58.1 Å². The Bertz CT molecular complexity index is 1350. The molecule has 2 amide bonds. The van der Waals surface area contributed by atoms with Gasteiger partial charge < -0.3 is 39.9 Å². The van der Waals surface area contributed by atoms with E-state index in [4.69, 9.17) is 24.9 Å². The predicted molar refractivity (Wildman–Crippen MR) is 163 cm³/mol. The van der Waals surface area contributed by atoms with E-state index in [2.05, 4.69) is 38.6 Å². The number of nitrogens with zero attached hydrogens (tertiary/aromatic N) is 4. The maximum absolute atomic E-state index is 13.1. The molecule has 1 aliphatic carbocycles. The number of carbonyl (C=O) groups is 2. The molecule has 13 heteroatoms. The molecule has 3 aromatic rings. The van der Waals surface area contributed by atoms with Gasteiger partial charge in [-0.15, -0.1) is 10.2 Å². The van der Waals surface area contributed by atoms with Crippen molar-refractivity contribution >= 4 is 17.7 Å². The van der Waals surface area contributed by atoms with Crippen LogP contribution in [0.3, 0.4) is 0 Å². The number of hydrogen-bond acceptors (Lipinski definition) is 10. The Morgan fingerprint density at radius 2 is 1.75 bits per heavy atom. The van der Waals surface area contributed by atoms with Crippen LogP contribution in [0.25, 0.3) is 0 Å². The van der Waals surface area contributed by atoms with Gasteiger partial charge in [0.05, 0.1) is 39.6 Å². The highest BCUT2D eigenvalue weighted by Gasteiger charge is 2.28. The Hall–Kier alpha value is -3.91. The van der Waals surface area contributed by atoms with Crippen LogP contribution in [0.1, 0.15) is 64.7 Å². The molecule has 1 saturated carbocycles. The number of pyridine rings is 1. The van der Waals surface area contributed by atoms with Gasteiger partial charge in [0.25, 0.3) is 5.91 Å². The van der Waals surface area contributed by atoms with Crippen molar-refractivity contribution in [2.45, 2.75) is 44.6 Å². The molecule has 1 aromatic carbocycles. The summed E-state index contributed by atoms with van der Waals surface area (Å²) in [5.74, 6) is 1.32. The molecule has 238 valence electrons. The third kappa shape index (κ3) is 11.0. The van der Waals surface area contributed by atoms with E-state index in [-0.39, 0.29) is 25.0 Å². The lowest BCUT2D eigenvalue weighted by Gasteiger charge is -2.14. The number of aryl methyl sites for hydroxylation is 1. The fourth-order valence-electron chi connectivity index (χ4n) is 4.60. The third-order valence-electron chi connectivity index (χ3n) is 7.17. The zero-order chi connectivity index (χ0) is 31.1. The highest BCUT2D eigenvalue weighted by molar-refractivity contribution is 6.03. The van der Waals surface area contributed by atoms with E-state index in [9.17, 15) is 9.59 Å². The summed E-state index contributed by atoms with van der Waals surface area (Å²) < 4.78 is 22.8. The van der Waals surface area contributed by atoms with E-state index < -0.39 is 6.09 Å². The number of hydrogen-bond donors (Lipinski definition) is 3. The first kappa shape index (κ1) is 33.0. The van der Waals surface area contributed by atoms with Gasteiger partial charge in [0.15, 0.2) is 0 Å². The van der Waals surface area contributed by atoms with Crippen molar-refractivity contribution in [1.29, 1.82) is 0 Å². The Morgan fingerprint density at radius 1 is 1.02 bits per heavy atom. The van der Waals surface area contributed by atoms with Crippen molar-refractivity contribution in [3.63, 3.8) is 0 Å². The highest BCUT2D eigenvalue weighted by atomic mass is 16.6. The average Bonchev–Trinajstić information content (AvgIpc) is 3.79. The van der Waals surface area contributed by atoms with Gasteiger partial charge in [-0.05, 0) is 48.1 Å². The maximum atomic E-state index is 13.1. The lowest BCUT2D eigenvalue weighted by molar-refractivity contribution is 0.00665. The smallest absolute Gasteiger partial charge is 0.404 e. The standard InChI is InChI=1S/C31H43N7O6/c1-22(18-28-37-34-21-38(28)2)24-4-3-5-26(19-24)35-30(39)27-9-8-25(29(36-27)23-6-7-23)20-33-10-11-41-12-13-42-14-15-43-16-17-44-31(32)40/h3-5,8-9,19,21-23,33H,6-7,10-18,20H2,1-2H3,(H2,32,40)(H,35,39)/t22-/m1/s1. The zero-order valence-corrected chi connectivity index (χ0v) is 25.5. The number of anilines is 1. The minimum absolute atomic E-state index is 0.130. The number of amides is 2. The molecular weight excluding hydrogens is 566 g/mol. The van der Waals surface area contributed by atoms with Gasteiger partial charge in [-0.3, -0.25) is 4.79 Å². The first-order valence-corrected chi connectivity index (χ1v) is 15.0. The van der Waals surface area contributed by atoms with Crippen LogP contribution in [-0.2, 0) is 39.0 Å². The second-order valence-corrected chi connectivity index (χ2v) is 10.7. The number of nitrogens with two attached hydrogens (primary N) is 1. The predicted octanol–water partition coefficient (Wildman–Crippen LogP) is 2.92.